The Morgan fingerprint density at radius 2 is 1.57 bits per heavy atom. The zero-order chi connectivity index (χ0) is 21.7. The largest absolute Gasteiger partial charge is 0.348 e. The van der Waals surface area contributed by atoms with Gasteiger partial charge in [-0.05, 0) is 55.8 Å². The van der Waals surface area contributed by atoms with Gasteiger partial charge in [-0.15, -0.1) is 0 Å². The van der Waals surface area contributed by atoms with Crippen LogP contribution in [0.3, 0.4) is 0 Å². The number of sulfonamides is 1. The van der Waals surface area contributed by atoms with Crippen LogP contribution < -0.4 is 9.62 Å². The van der Waals surface area contributed by atoms with Gasteiger partial charge in [0, 0.05) is 5.02 Å². The van der Waals surface area contributed by atoms with Crippen molar-refractivity contribution in [3.8, 4) is 0 Å². The molecule has 0 bridgehead atoms. The smallest absolute Gasteiger partial charge is 0.264 e. The molecule has 0 fully saturated rings. The molecule has 3 aromatic carbocycles. The number of benzene rings is 3. The highest BCUT2D eigenvalue weighted by Crippen LogP contribution is 2.25. The Hall–Kier alpha value is -2.83. The van der Waals surface area contributed by atoms with Crippen molar-refractivity contribution in [2.24, 2.45) is 0 Å². The van der Waals surface area contributed by atoms with E-state index in [4.69, 9.17) is 11.6 Å². The van der Waals surface area contributed by atoms with Gasteiger partial charge >= 0.3 is 0 Å². The Morgan fingerprint density at radius 3 is 2.17 bits per heavy atom. The lowest BCUT2D eigenvalue weighted by Crippen LogP contribution is -2.41. The van der Waals surface area contributed by atoms with Crippen LogP contribution in [0.15, 0.2) is 83.8 Å². The number of hydrogen-bond donors (Lipinski definition) is 1. The van der Waals surface area contributed by atoms with Gasteiger partial charge in [0.2, 0.25) is 5.91 Å². The third kappa shape index (κ3) is 5.20. The van der Waals surface area contributed by atoms with Crippen LogP contribution in [-0.2, 0) is 14.8 Å². The Balaban J connectivity index is 1.89. The average molecular weight is 443 g/mol. The second-order valence-electron chi connectivity index (χ2n) is 7.00. The highest BCUT2D eigenvalue weighted by molar-refractivity contribution is 7.92. The third-order valence-electron chi connectivity index (χ3n) is 4.69. The number of anilines is 1. The van der Waals surface area contributed by atoms with Gasteiger partial charge in [-0.2, -0.15) is 0 Å². The Morgan fingerprint density at radius 1 is 0.967 bits per heavy atom. The molecular formula is C23H23ClN2O3S. The molecule has 0 unspecified atom stereocenters. The van der Waals surface area contributed by atoms with Gasteiger partial charge in [-0.1, -0.05) is 59.6 Å². The molecule has 1 N–H and O–H groups in total. The van der Waals surface area contributed by atoms with E-state index in [9.17, 15) is 13.2 Å². The molecule has 7 heteroatoms. The zero-order valence-electron chi connectivity index (χ0n) is 16.7. The monoisotopic (exact) mass is 442 g/mol. The molecule has 0 aliphatic heterocycles. The van der Waals surface area contributed by atoms with Crippen molar-refractivity contribution in [3.63, 3.8) is 0 Å². The van der Waals surface area contributed by atoms with Crippen LogP contribution in [0.1, 0.15) is 24.1 Å². The fourth-order valence-electron chi connectivity index (χ4n) is 3.00. The molecule has 0 saturated carbocycles. The van der Waals surface area contributed by atoms with Crippen molar-refractivity contribution in [1.82, 2.24) is 5.32 Å². The number of nitrogens with zero attached hydrogens (tertiary/aromatic N) is 1. The zero-order valence-corrected chi connectivity index (χ0v) is 18.3. The molecule has 5 nitrogen and oxygen atoms in total. The first kappa shape index (κ1) is 21.9. The molecule has 0 radical (unpaired) electrons. The summed E-state index contributed by atoms with van der Waals surface area (Å²) in [5.74, 6) is -0.406. The minimum Gasteiger partial charge on any atom is -0.348 e. The average Bonchev–Trinajstić information content (AvgIpc) is 2.73. The minimum absolute atomic E-state index is 0.118. The second-order valence-corrected chi connectivity index (χ2v) is 9.30. The van der Waals surface area contributed by atoms with Gasteiger partial charge < -0.3 is 5.32 Å². The molecule has 156 valence electrons. The first-order chi connectivity index (χ1) is 14.3. The SMILES string of the molecule is Cc1ccc(S(=O)(=O)N(CC(=O)N[C@@H](C)c2ccccc2)c2ccc(Cl)cc2)cc1. The molecule has 0 aliphatic rings. The Bertz CT molecular complexity index is 1100. The summed E-state index contributed by atoms with van der Waals surface area (Å²) in [7, 11) is -3.95. The topological polar surface area (TPSA) is 66.5 Å². The number of rotatable bonds is 7. The summed E-state index contributed by atoms with van der Waals surface area (Å²) in [6.45, 7) is 3.38. The number of halogens is 1. The predicted molar refractivity (Wildman–Crippen MR) is 120 cm³/mol. The van der Waals surface area contributed by atoms with E-state index in [1.54, 1.807) is 36.4 Å². The van der Waals surface area contributed by atoms with Gasteiger partial charge in [0.05, 0.1) is 16.6 Å². The van der Waals surface area contributed by atoms with Crippen LogP contribution in [0.5, 0.6) is 0 Å². The van der Waals surface area contributed by atoms with Crippen LogP contribution in [0.4, 0.5) is 5.69 Å². The first-order valence-electron chi connectivity index (χ1n) is 9.46. The third-order valence-corrected chi connectivity index (χ3v) is 6.73. The van der Waals surface area contributed by atoms with E-state index in [0.717, 1.165) is 15.4 Å². The first-order valence-corrected chi connectivity index (χ1v) is 11.3. The highest BCUT2D eigenvalue weighted by Gasteiger charge is 2.27. The van der Waals surface area contributed by atoms with Gasteiger partial charge in [-0.3, -0.25) is 9.10 Å². The normalized spacial score (nSPS) is 12.2. The molecule has 3 aromatic rings. The highest BCUT2D eigenvalue weighted by atomic mass is 35.5. The predicted octanol–water partition coefficient (Wildman–Crippen LogP) is 4.72. The van der Waals surface area contributed by atoms with Crippen LogP contribution in [0.2, 0.25) is 5.02 Å². The van der Waals surface area contributed by atoms with Crippen LogP contribution in [0, 0.1) is 6.92 Å². The van der Waals surface area contributed by atoms with Gasteiger partial charge in [0.25, 0.3) is 10.0 Å². The van der Waals surface area contributed by atoms with Crippen LogP contribution >= 0.6 is 11.6 Å². The van der Waals surface area contributed by atoms with Crippen LogP contribution in [0.25, 0.3) is 0 Å². The van der Waals surface area contributed by atoms with Crippen LogP contribution in [-0.4, -0.2) is 20.9 Å². The summed E-state index contributed by atoms with van der Waals surface area (Å²) in [5.41, 5.74) is 2.24. The van der Waals surface area contributed by atoms with Crippen molar-refractivity contribution in [2.45, 2.75) is 24.8 Å². The fourth-order valence-corrected chi connectivity index (χ4v) is 4.55. The van der Waals surface area contributed by atoms with E-state index in [2.05, 4.69) is 5.32 Å². The minimum atomic E-state index is -3.95. The van der Waals surface area contributed by atoms with Crippen molar-refractivity contribution in [3.05, 3.63) is 95.0 Å². The van der Waals surface area contributed by atoms with Crippen molar-refractivity contribution in [1.29, 1.82) is 0 Å². The summed E-state index contributed by atoms with van der Waals surface area (Å²) in [6.07, 6.45) is 0. The number of nitrogens with one attached hydrogen (secondary N) is 1. The molecule has 1 atom stereocenters. The van der Waals surface area contributed by atoms with Gasteiger partial charge in [0.15, 0.2) is 0 Å². The quantitative estimate of drug-likeness (QED) is 0.575. The summed E-state index contributed by atoms with van der Waals surface area (Å²) in [6, 6.07) is 22.1. The molecule has 1 amide bonds. The number of carbonyl (C=O) groups is 1. The Kier molecular flexibility index (Phi) is 6.80. The molecule has 30 heavy (non-hydrogen) atoms. The van der Waals surface area contributed by atoms with Crippen molar-refractivity contribution >= 4 is 33.2 Å². The molecule has 0 heterocycles. The van der Waals surface area contributed by atoms with Gasteiger partial charge in [-0.25, -0.2) is 8.42 Å². The van der Waals surface area contributed by atoms with E-state index < -0.39 is 15.9 Å². The molecule has 0 aromatic heterocycles. The van der Waals surface area contributed by atoms with E-state index in [1.165, 1.54) is 12.1 Å². The summed E-state index contributed by atoms with van der Waals surface area (Å²) in [5, 5.41) is 3.35. The van der Waals surface area contributed by atoms with Gasteiger partial charge in [0.1, 0.15) is 6.54 Å². The Labute approximate surface area is 182 Å². The van der Waals surface area contributed by atoms with E-state index in [-0.39, 0.29) is 17.5 Å². The molecule has 3 rings (SSSR count). The number of hydrogen-bond acceptors (Lipinski definition) is 3. The van der Waals surface area contributed by atoms with E-state index in [1.807, 2.05) is 44.2 Å². The number of carbonyl (C=O) groups excluding carboxylic acids is 1. The second kappa shape index (κ2) is 9.32. The van der Waals surface area contributed by atoms with E-state index >= 15 is 0 Å². The molecule has 0 saturated heterocycles. The fraction of sp³-hybridized carbons (Fsp3) is 0.174. The summed E-state index contributed by atoms with van der Waals surface area (Å²) < 4.78 is 27.8. The summed E-state index contributed by atoms with van der Waals surface area (Å²) in [4.78, 5) is 12.9. The molecule has 0 spiro atoms. The standard InChI is InChI=1S/C23H23ClN2O3S/c1-17-8-14-22(15-9-17)30(28,29)26(21-12-10-20(24)11-13-21)16-23(27)25-18(2)19-6-4-3-5-7-19/h3-15,18H,16H2,1-2H3,(H,25,27)/t18-/m0/s1. The number of aryl methyl sites for hydroxylation is 1. The van der Waals surface area contributed by atoms with Crippen molar-refractivity contribution < 1.29 is 13.2 Å². The molecule has 0 aliphatic carbocycles. The molecular weight excluding hydrogens is 420 g/mol. The maximum atomic E-state index is 13.3. The lowest BCUT2D eigenvalue weighted by Gasteiger charge is -2.25. The lowest BCUT2D eigenvalue weighted by molar-refractivity contribution is -0.120. The van der Waals surface area contributed by atoms with E-state index in [0.29, 0.717) is 10.7 Å². The number of amides is 1. The lowest BCUT2D eigenvalue weighted by atomic mass is 10.1. The summed E-state index contributed by atoms with van der Waals surface area (Å²) >= 11 is 5.96. The maximum Gasteiger partial charge on any atom is 0.264 e. The van der Waals surface area contributed by atoms with Crippen molar-refractivity contribution in [2.75, 3.05) is 10.8 Å². The maximum absolute atomic E-state index is 13.3.